The molecule has 1 unspecified atom stereocenters. The zero-order valence-electron chi connectivity index (χ0n) is 18.2. The summed E-state index contributed by atoms with van der Waals surface area (Å²) in [6.07, 6.45) is -5.08. The van der Waals surface area contributed by atoms with Gasteiger partial charge in [0.1, 0.15) is 5.56 Å². The van der Waals surface area contributed by atoms with Gasteiger partial charge in [-0.25, -0.2) is 4.79 Å². The molecule has 0 spiro atoms. The van der Waals surface area contributed by atoms with Crippen LogP contribution in [0.1, 0.15) is 22.0 Å². The highest BCUT2D eigenvalue weighted by atomic mass is 35.5. The number of carboxylic acids is 1. The first-order valence-corrected chi connectivity index (χ1v) is 10.8. The van der Waals surface area contributed by atoms with Gasteiger partial charge in [0.15, 0.2) is 0 Å². The molecule has 4 rings (SSSR count). The standard InChI is InChI=1S/C22H20ClN3O2.C2HF3O2/c23-18-9-5-4-8-16(18)20-14-24-12-13-26(20)22(28)17-10-11-19(25-21(17)27)15-6-2-1-3-7-15;3-2(4,5)1(6)7/h1-11,20,24H,12-14H2,(H,25,27);(H,6,7). The Labute approximate surface area is 203 Å². The van der Waals surface area contributed by atoms with Crippen LogP contribution < -0.4 is 10.9 Å². The monoisotopic (exact) mass is 507 g/mol. The average Bonchev–Trinajstić information content (AvgIpc) is 2.84. The SMILES string of the molecule is O=C(O)C(F)(F)F.O=C(c1ccc(-c2ccccc2)[nH]c1=O)N1CCNCC1c1ccccc1Cl. The van der Waals surface area contributed by atoms with E-state index in [2.05, 4.69) is 10.3 Å². The van der Waals surface area contributed by atoms with Crippen LogP contribution in [0.4, 0.5) is 13.2 Å². The van der Waals surface area contributed by atoms with Gasteiger partial charge in [-0.3, -0.25) is 9.59 Å². The number of carbonyl (C=O) groups is 2. The van der Waals surface area contributed by atoms with Gasteiger partial charge >= 0.3 is 12.1 Å². The second-order valence-electron chi connectivity index (χ2n) is 7.52. The molecule has 1 amide bonds. The summed E-state index contributed by atoms with van der Waals surface area (Å²) < 4.78 is 31.7. The van der Waals surface area contributed by atoms with Gasteiger partial charge in [-0.05, 0) is 29.3 Å². The number of aromatic amines is 1. The summed E-state index contributed by atoms with van der Waals surface area (Å²) in [7, 11) is 0. The number of nitrogens with one attached hydrogen (secondary N) is 2. The van der Waals surface area contributed by atoms with Crippen molar-refractivity contribution in [2.75, 3.05) is 19.6 Å². The first-order valence-electron chi connectivity index (χ1n) is 10.4. The number of benzene rings is 2. The summed E-state index contributed by atoms with van der Waals surface area (Å²) in [4.78, 5) is 39.3. The van der Waals surface area contributed by atoms with E-state index in [-0.39, 0.29) is 23.1 Å². The molecule has 1 fully saturated rings. The minimum absolute atomic E-state index is 0.138. The maximum Gasteiger partial charge on any atom is 0.490 e. The minimum atomic E-state index is -5.08. The summed E-state index contributed by atoms with van der Waals surface area (Å²) >= 11 is 6.36. The van der Waals surface area contributed by atoms with Crippen molar-refractivity contribution in [1.29, 1.82) is 0 Å². The molecular formula is C24H21ClF3N3O4. The molecule has 1 aliphatic heterocycles. The molecule has 11 heteroatoms. The van der Waals surface area contributed by atoms with E-state index in [9.17, 15) is 22.8 Å². The molecule has 0 radical (unpaired) electrons. The third-order valence-electron chi connectivity index (χ3n) is 5.24. The highest BCUT2D eigenvalue weighted by Crippen LogP contribution is 2.29. The number of nitrogens with zero attached hydrogens (tertiary/aromatic N) is 1. The summed E-state index contributed by atoms with van der Waals surface area (Å²) in [5.41, 5.74) is 2.21. The van der Waals surface area contributed by atoms with E-state index in [1.165, 1.54) is 0 Å². The van der Waals surface area contributed by atoms with Gasteiger partial charge in [0.05, 0.1) is 6.04 Å². The van der Waals surface area contributed by atoms with E-state index in [1.807, 2.05) is 54.6 Å². The Morgan fingerprint density at radius 1 is 1.00 bits per heavy atom. The zero-order chi connectivity index (χ0) is 25.6. The zero-order valence-corrected chi connectivity index (χ0v) is 18.9. The Morgan fingerprint density at radius 3 is 2.23 bits per heavy atom. The molecular weight excluding hydrogens is 487 g/mol. The normalized spacial score (nSPS) is 15.7. The van der Waals surface area contributed by atoms with Crippen LogP contribution in [-0.4, -0.2) is 52.7 Å². The van der Waals surface area contributed by atoms with Gasteiger partial charge < -0.3 is 20.3 Å². The number of H-pyrrole nitrogens is 1. The van der Waals surface area contributed by atoms with Crippen molar-refractivity contribution in [3.05, 3.63) is 93.2 Å². The number of carbonyl (C=O) groups excluding carboxylic acids is 1. The van der Waals surface area contributed by atoms with Gasteiger partial charge in [0.25, 0.3) is 11.5 Å². The van der Waals surface area contributed by atoms with Gasteiger partial charge in [0.2, 0.25) is 0 Å². The van der Waals surface area contributed by atoms with Crippen molar-refractivity contribution in [3.63, 3.8) is 0 Å². The Balaban J connectivity index is 0.000000429. The Hall–Kier alpha value is -3.63. The first-order chi connectivity index (χ1) is 16.6. The topological polar surface area (TPSA) is 102 Å². The number of pyridine rings is 1. The molecule has 184 valence electrons. The van der Waals surface area contributed by atoms with Crippen LogP contribution in [0.2, 0.25) is 5.02 Å². The van der Waals surface area contributed by atoms with Crippen molar-refractivity contribution in [1.82, 2.24) is 15.2 Å². The first kappa shape index (κ1) is 26.0. The van der Waals surface area contributed by atoms with E-state index in [0.717, 1.165) is 11.1 Å². The molecule has 1 saturated heterocycles. The van der Waals surface area contributed by atoms with E-state index < -0.39 is 12.1 Å². The lowest BCUT2D eigenvalue weighted by Crippen LogP contribution is -2.49. The number of halogens is 4. The van der Waals surface area contributed by atoms with Crippen LogP contribution in [0, 0.1) is 0 Å². The van der Waals surface area contributed by atoms with Crippen molar-refractivity contribution in [2.24, 2.45) is 0 Å². The lowest BCUT2D eigenvalue weighted by Gasteiger charge is -2.36. The number of hydrogen-bond acceptors (Lipinski definition) is 4. The summed E-state index contributed by atoms with van der Waals surface area (Å²) in [5.74, 6) is -3.04. The average molecular weight is 508 g/mol. The van der Waals surface area contributed by atoms with Crippen LogP contribution >= 0.6 is 11.6 Å². The number of carboxylic acid groups (broad SMARTS) is 1. The summed E-state index contributed by atoms with van der Waals surface area (Å²) in [6.45, 7) is 1.77. The highest BCUT2D eigenvalue weighted by molar-refractivity contribution is 6.31. The van der Waals surface area contributed by atoms with Gasteiger partial charge in [-0.15, -0.1) is 0 Å². The van der Waals surface area contributed by atoms with E-state index in [4.69, 9.17) is 21.5 Å². The minimum Gasteiger partial charge on any atom is -0.475 e. The van der Waals surface area contributed by atoms with E-state index >= 15 is 0 Å². The third kappa shape index (κ3) is 6.49. The number of amides is 1. The third-order valence-corrected chi connectivity index (χ3v) is 5.58. The van der Waals surface area contributed by atoms with Crippen LogP contribution in [0.3, 0.4) is 0 Å². The lowest BCUT2D eigenvalue weighted by atomic mass is 10.0. The number of piperazine rings is 1. The number of aliphatic carboxylic acids is 1. The molecule has 1 aromatic heterocycles. The fraction of sp³-hybridized carbons (Fsp3) is 0.208. The maximum absolute atomic E-state index is 13.2. The van der Waals surface area contributed by atoms with Crippen LogP contribution in [-0.2, 0) is 4.79 Å². The second-order valence-corrected chi connectivity index (χ2v) is 7.93. The fourth-order valence-corrected chi connectivity index (χ4v) is 3.82. The van der Waals surface area contributed by atoms with Crippen molar-refractivity contribution in [3.8, 4) is 11.3 Å². The van der Waals surface area contributed by atoms with Crippen LogP contribution in [0.25, 0.3) is 11.3 Å². The Morgan fingerprint density at radius 2 is 1.63 bits per heavy atom. The van der Waals surface area contributed by atoms with Gasteiger partial charge in [-0.2, -0.15) is 13.2 Å². The van der Waals surface area contributed by atoms with Crippen LogP contribution in [0.15, 0.2) is 71.5 Å². The molecule has 2 heterocycles. The smallest absolute Gasteiger partial charge is 0.475 e. The molecule has 0 aliphatic carbocycles. The van der Waals surface area contributed by atoms with E-state index in [1.54, 1.807) is 17.0 Å². The molecule has 1 atom stereocenters. The van der Waals surface area contributed by atoms with Gasteiger partial charge in [-0.1, -0.05) is 60.1 Å². The quantitative estimate of drug-likeness (QED) is 0.495. The molecule has 3 N–H and O–H groups in total. The second kappa shape index (κ2) is 11.2. The molecule has 2 aromatic carbocycles. The summed E-state index contributed by atoms with van der Waals surface area (Å²) in [5, 5.41) is 11.0. The van der Waals surface area contributed by atoms with Crippen molar-refractivity contribution < 1.29 is 27.9 Å². The lowest BCUT2D eigenvalue weighted by molar-refractivity contribution is -0.192. The molecule has 7 nitrogen and oxygen atoms in total. The van der Waals surface area contributed by atoms with E-state index in [0.29, 0.717) is 30.4 Å². The number of rotatable bonds is 3. The largest absolute Gasteiger partial charge is 0.490 e. The predicted molar refractivity (Wildman–Crippen MR) is 124 cm³/mol. The van der Waals surface area contributed by atoms with Gasteiger partial charge in [0, 0.05) is 30.4 Å². The Bertz CT molecular complexity index is 1250. The number of hydrogen-bond donors (Lipinski definition) is 3. The maximum atomic E-state index is 13.2. The highest BCUT2D eigenvalue weighted by Gasteiger charge is 2.38. The molecule has 0 bridgehead atoms. The number of aromatic nitrogens is 1. The van der Waals surface area contributed by atoms with Crippen molar-refractivity contribution >= 4 is 23.5 Å². The molecule has 35 heavy (non-hydrogen) atoms. The molecule has 3 aromatic rings. The molecule has 0 saturated carbocycles. The molecule has 1 aliphatic rings. The summed E-state index contributed by atoms with van der Waals surface area (Å²) in [6, 6.07) is 20.2. The predicted octanol–water partition coefficient (Wildman–Crippen LogP) is 4.12. The van der Waals surface area contributed by atoms with Crippen LogP contribution in [0.5, 0.6) is 0 Å². The number of alkyl halides is 3. The fourth-order valence-electron chi connectivity index (χ4n) is 3.55. The Kier molecular flexibility index (Phi) is 8.31. The van der Waals surface area contributed by atoms with Crippen molar-refractivity contribution in [2.45, 2.75) is 12.2 Å².